The van der Waals surface area contributed by atoms with Gasteiger partial charge in [0.25, 0.3) is 11.8 Å². The number of thiophene rings is 1. The molecule has 6 nitrogen and oxygen atoms in total. The van der Waals surface area contributed by atoms with E-state index in [9.17, 15) is 4.79 Å². The van der Waals surface area contributed by atoms with E-state index in [2.05, 4.69) is 36.4 Å². The maximum absolute atomic E-state index is 12.2. The maximum Gasteiger partial charge on any atom is 0.257 e. The molecular weight excluding hydrogens is 368 g/mol. The molecule has 0 aliphatic heterocycles. The van der Waals surface area contributed by atoms with Crippen molar-refractivity contribution in [2.45, 2.75) is 13.8 Å². The molecule has 0 aliphatic carbocycles. The molecule has 8 heteroatoms. The van der Waals surface area contributed by atoms with Crippen molar-refractivity contribution in [3.8, 4) is 10.8 Å². The van der Waals surface area contributed by atoms with Crippen molar-refractivity contribution in [2.24, 2.45) is 0 Å². The van der Waals surface area contributed by atoms with E-state index in [1.807, 2.05) is 13.0 Å². The Balaban J connectivity index is 1.84. The number of amides is 1. The van der Waals surface area contributed by atoms with Crippen LogP contribution in [0.15, 0.2) is 33.4 Å². The number of carbonyl (C=O) groups excluding carboxylic acids is 1. The third kappa shape index (κ3) is 3.07. The molecule has 0 spiro atoms. The van der Waals surface area contributed by atoms with E-state index < -0.39 is 0 Å². The molecule has 1 N–H and O–H groups in total. The first kappa shape index (κ1) is 14.9. The molecule has 0 fully saturated rings. The van der Waals surface area contributed by atoms with Gasteiger partial charge < -0.3 is 9.73 Å². The normalized spacial score (nSPS) is 10.7. The minimum absolute atomic E-state index is 0.219. The van der Waals surface area contributed by atoms with E-state index in [1.54, 1.807) is 19.2 Å². The first-order chi connectivity index (χ1) is 10.5. The SMILES string of the molecule is Cc1nnc(-c2cc(NC(=O)c3cncc(Br)c3)c(C)s2)o1. The number of hydrogen-bond donors (Lipinski definition) is 1. The zero-order valence-electron chi connectivity index (χ0n) is 11.8. The van der Waals surface area contributed by atoms with E-state index in [4.69, 9.17) is 4.42 Å². The summed E-state index contributed by atoms with van der Waals surface area (Å²) in [6.45, 7) is 3.66. The van der Waals surface area contributed by atoms with Crippen molar-refractivity contribution >= 4 is 38.9 Å². The highest BCUT2D eigenvalue weighted by molar-refractivity contribution is 9.10. The van der Waals surface area contributed by atoms with Gasteiger partial charge in [-0.05, 0) is 35.0 Å². The number of anilines is 1. The molecule has 0 radical (unpaired) electrons. The first-order valence-electron chi connectivity index (χ1n) is 6.36. The van der Waals surface area contributed by atoms with Gasteiger partial charge in [-0.2, -0.15) is 0 Å². The molecule has 0 atom stereocenters. The number of halogens is 1. The van der Waals surface area contributed by atoms with Gasteiger partial charge in [-0.1, -0.05) is 0 Å². The van der Waals surface area contributed by atoms with Crippen LogP contribution in [0.3, 0.4) is 0 Å². The lowest BCUT2D eigenvalue weighted by Crippen LogP contribution is -2.12. The summed E-state index contributed by atoms with van der Waals surface area (Å²) in [4.78, 5) is 18.0. The van der Waals surface area contributed by atoms with Crippen molar-refractivity contribution in [3.05, 3.63) is 45.3 Å². The highest BCUT2D eigenvalue weighted by Gasteiger charge is 2.15. The Labute approximate surface area is 138 Å². The van der Waals surface area contributed by atoms with Gasteiger partial charge in [-0.15, -0.1) is 21.5 Å². The van der Waals surface area contributed by atoms with Gasteiger partial charge in [0, 0.05) is 28.7 Å². The molecule has 3 aromatic heterocycles. The van der Waals surface area contributed by atoms with Crippen LogP contribution in [0.5, 0.6) is 0 Å². The summed E-state index contributed by atoms with van der Waals surface area (Å²) in [6, 6.07) is 3.54. The fraction of sp³-hybridized carbons (Fsp3) is 0.143. The van der Waals surface area contributed by atoms with Gasteiger partial charge >= 0.3 is 0 Å². The van der Waals surface area contributed by atoms with E-state index in [0.29, 0.717) is 17.3 Å². The zero-order chi connectivity index (χ0) is 15.7. The predicted octanol–water partition coefficient (Wildman–Crippen LogP) is 3.82. The van der Waals surface area contributed by atoms with Gasteiger partial charge in [0.1, 0.15) is 0 Å². The third-order valence-electron chi connectivity index (χ3n) is 2.87. The van der Waals surface area contributed by atoms with Gasteiger partial charge in [0.15, 0.2) is 0 Å². The lowest BCUT2D eigenvalue weighted by atomic mass is 10.2. The van der Waals surface area contributed by atoms with Crippen LogP contribution in [-0.4, -0.2) is 21.1 Å². The van der Waals surface area contributed by atoms with Crippen LogP contribution in [-0.2, 0) is 0 Å². The van der Waals surface area contributed by atoms with Gasteiger partial charge in [0.2, 0.25) is 5.89 Å². The summed E-state index contributed by atoms with van der Waals surface area (Å²) in [5.74, 6) is 0.741. The van der Waals surface area contributed by atoms with Crippen LogP contribution in [0, 0.1) is 13.8 Å². The number of rotatable bonds is 3. The molecule has 0 aromatic carbocycles. The molecule has 112 valence electrons. The van der Waals surface area contributed by atoms with E-state index in [0.717, 1.165) is 19.9 Å². The van der Waals surface area contributed by atoms with Crippen LogP contribution in [0.1, 0.15) is 21.1 Å². The Kier molecular flexibility index (Phi) is 4.04. The lowest BCUT2D eigenvalue weighted by Gasteiger charge is -2.04. The molecule has 0 saturated heterocycles. The van der Waals surface area contributed by atoms with Crippen LogP contribution in [0.25, 0.3) is 10.8 Å². The molecule has 22 heavy (non-hydrogen) atoms. The summed E-state index contributed by atoms with van der Waals surface area (Å²) in [5.41, 5.74) is 1.20. The lowest BCUT2D eigenvalue weighted by molar-refractivity contribution is 0.102. The van der Waals surface area contributed by atoms with Crippen molar-refractivity contribution in [3.63, 3.8) is 0 Å². The largest absolute Gasteiger partial charge is 0.420 e. The second-order valence-electron chi connectivity index (χ2n) is 4.55. The Morgan fingerprint density at radius 3 is 2.77 bits per heavy atom. The molecule has 0 bridgehead atoms. The fourth-order valence-electron chi connectivity index (χ4n) is 1.84. The first-order valence-corrected chi connectivity index (χ1v) is 7.96. The summed E-state index contributed by atoms with van der Waals surface area (Å²) in [5, 5.41) is 10.7. The number of carbonyl (C=O) groups is 1. The van der Waals surface area contributed by atoms with Crippen LogP contribution in [0.2, 0.25) is 0 Å². The van der Waals surface area contributed by atoms with Crippen molar-refractivity contribution in [1.29, 1.82) is 0 Å². The molecule has 0 unspecified atom stereocenters. The molecule has 0 saturated carbocycles. The van der Waals surface area contributed by atoms with Gasteiger partial charge in [-0.3, -0.25) is 9.78 Å². The summed E-state index contributed by atoms with van der Waals surface area (Å²) < 4.78 is 6.16. The topological polar surface area (TPSA) is 80.9 Å². The minimum atomic E-state index is -0.219. The average Bonchev–Trinajstić information content (AvgIpc) is 3.06. The molecule has 1 amide bonds. The van der Waals surface area contributed by atoms with Gasteiger partial charge in [0.05, 0.1) is 16.1 Å². The standard InChI is InChI=1S/C14H11BrN4O2S/c1-7-11(4-12(22-7)14-19-18-8(2)21-14)17-13(20)9-3-10(15)6-16-5-9/h3-6H,1-2H3,(H,17,20). The van der Waals surface area contributed by atoms with Crippen molar-refractivity contribution < 1.29 is 9.21 Å². The molecule has 3 aromatic rings. The van der Waals surface area contributed by atoms with E-state index in [-0.39, 0.29) is 5.91 Å². The number of hydrogen-bond acceptors (Lipinski definition) is 6. The highest BCUT2D eigenvalue weighted by atomic mass is 79.9. The Hall–Kier alpha value is -2.06. The fourth-order valence-corrected chi connectivity index (χ4v) is 3.10. The zero-order valence-corrected chi connectivity index (χ0v) is 14.2. The van der Waals surface area contributed by atoms with E-state index in [1.165, 1.54) is 17.5 Å². The van der Waals surface area contributed by atoms with Crippen molar-refractivity contribution in [1.82, 2.24) is 15.2 Å². The maximum atomic E-state index is 12.2. The molecule has 0 aliphatic rings. The summed E-state index contributed by atoms with van der Waals surface area (Å²) in [6.07, 6.45) is 3.15. The van der Waals surface area contributed by atoms with E-state index >= 15 is 0 Å². The second kappa shape index (κ2) is 5.98. The smallest absolute Gasteiger partial charge is 0.257 e. The third-order valence-corrected chi connectivity index (χ3v) is 4.34. The number of pyridine rings is 1. The van der Waals surface area contributed by atoms with Gasteiger partial charge in [-0.25, -0.2) is 0 Å². The van der Waals surface area contributed by atoms with Crippen LogP contribution < -0.4 is 5.32 Å². The average molecular weight is 379 g/mol. The minimum Gasteiger partial charge on any atom is -0.420 e. The monoisotopic (exact) mass is 378 g/mol. The Morgan fingerprint density at radius 2 is 2.09 bits per heavy atom. The number of nitrogens with one attached hydrogen (secondary N) is 1. The van der Waals surface area contributed by atoms with Crippen LogP contribution >= 0.6 is 27.3 Å². The van der Waals surface area contributed by atoms with Crippen molar-refractivity contribution in [2.75, 3.05) is 5.32 Å². The predicted molar refractivity (Wildman–Crippen MR) is 87.0 cm³/mol. The molecular formula is C14H11BrN4O2S. The second-order valence-corrected chi connectivity index (χ2v) is 6.72. The quantitative estimate of drug-likeness (QED) is 0.748. The molecule has 3 rings (SSSR count). The molecule has 3 heterocycles. The number of aromatic nitrogens is 3. The number of aryl methyl sites for hydroxylation is 2. The number of nitrogens with zero attached hydrogens (tertiary/aromatic N) is 3. The summed E-state index contributed by atoms with van der Waals surface area (Å²) in [7, 11) is 0. The van der Waals surface area contributed by atoms with Crippen LogP contribution in [0.4, 0.5) is 5.69 Å². The summed E-state index contributed by atoms with van der Waals surface area (Å²) >= 11 is 4.78. The Bertz CT molecular complexity index is 843. The Morgan fingerprint density at radius 1 is 1.27 bits per heavy atom. The highest BCUT2D eigenvalue weighted by Crippen LogP contribution is 2.33.